The van der Waals surface area contributed by atoms with E-state index in [0.29, 0.717) is 12.1 Å². The summed E-state index contributed by atoms with van der Waals surface area (Å²) in [4.78, 5) is 11.2. The summed E-state index contributed by atoms with van der Waals surface area (Å²) in [5, 5.41) is 6.06. The van der Waals surface area contributed by atoms with Gasteiger partial charge in [0.05, 0.1) is 11.8 Å². The maximum atomic E-state index is 11.2. The molecule has 0 spiro atoms. The molecule has 0 radical (unpaired) electrons. The summed E-state index contributed by atoms with van der Waals surface area (Å²) in [6.07, 6.45) is 2.67. The zero-order valence-corrected chi connectivity index (χ0v) is 6.83. The molecule has 0 fully saturated rings. The van der Waals surface area contributed by atoms with Gasteiger partial charge in [0.25, 0.3) is 5.91 Å². The van der Waals surface area contributed by atoms with Crippen LogP contribution in [-0.2, 0) is 0 Å². The van der Waals surface area contributed by atoms with Gasteiger partial charge in [0, 0.05) is 6.54 Å². The average molecular weight is 166 g/mol. The molecule has 0 saturated heterocycles. The second-order valence-electron chi connectivity index (χ2n) is 2.55. The molecular formula is C8H10N2O2. The van der Waals surface area contributed by atoms with Gasteiger partial charge in [-0.15, -0.1) is 0 Å². The molecule has 0 unspecified atom stereocenters. The quantitative estimate of drug-likeness (QED) is 0.681. The van der Waals surface area contributed by atoms with Crippen LogP contribution in [0.2, 0.25) is 0 Å². The fraction of sp³-hybridized carbons (Fsp3) is 0.250. The summed E-state index contributed by atoms with van der Waals surface area (Å²) in [6, 6.07) is 0. The molecule has 1 aromatic heterocycles. The minimum Gasteiger partial charge on any atom is -0.364 e. The molecule has 0 saturated carbocycles. The smallest absolute Gasteiger partial charge is 0.256 e. The first-order chi connectivity index (χ1) is 5.70. The topological polar surface area (TPSA) is 55.1 Å². The van der Waals surface area contributed by atoms with Gasteiger partial charge in [0.1, 0.15) is 6.26 Å². The van der Waals surface area contributed by atoms with Gasteiger partial charge in [-0.05, 0) is 6.92 Å². The zero-order valence-electron chi connectivity index (χ0n) is 6.83. The van der Waals surface area contributed by atoms with Gasteiger partial charge in [-0.25, -0.2) is 0 Å². The van der Waals surface area contributed by atoms with E-state index in [4.69, 9.17) is 0 Å². The molecule has 0 atom stereocenters. The first kappa shape index (κ1) is 8.52. The molecule has 4 heteroatoms. The highest BCUT2D eigenvalue weighted by atomic mass is 16.5. The Hall–Kier alpha value is -1.58. The summed E-state index contributed by atoms with van der Waals surface area (Å²) in [5.41, 5.74) is 1.33. The molecule has 1 aromatic rings. The lowest BCUT2D eigenvalue weighted by molar-refractivity contribution is 0.0956. The number of aromatic nitrogens is 1. The van der Waals surface area contributed by atoms with Crippen LogP contribution in [-0.4, -0.2) is 17.6 Å². The third kappa shape index (κ3) is 2.23. The number of nitrogens with zero attached hydrogens (tertiary/aromatic N) is 1. The van der Waals surface area contributed by atoms with Crippen molar-refractivity contribution in [3.8, 4) is 0 Å². The van der Waals surface area contributed by atoms with Crippen LogP contribution in [0.1, 0.15) is 17.3 Å². The maximum Gasteiger partial charge on any atom is 0.256 e. The van der Waals surface area contributed by atoms with Gasteiger partial charge >= 0.3 is 0 Å². The minimum absolute atomic E-state index is 0.195. The zero-order chi connectivity index (χ0) is 8.97. The standard InChI is InChI=1S/C8H10N2O2/c1-6(2)3-9-8(11)7-4-10-12-5-7/h4-5H,1,3H2,2H3,(H,9,11). The van der Waals surface area contributed by atoms with Crippen molar-refractivity contribution in [2.45, 2.75) is 6.92 Å². The van der Waals surface area contributed by atoms with E-state index in [1.165, 1.54) is 12.5 Å². The Bertz CT molecular complexity index is 277. The van der Waals surface area contributed by atoms with Crippen molar-refractivity contribution in [2.75, 3.05) is 6.54 Å². The molecule has 1 rings (SSSR count). The number of rotatable bonds is 3. The first-order valence-corrected chi connectivity index (χ1v) is 3.52. The predicted molar refractivity (Wildman–Crippen MR) is 43.7 cm³/mol. The predicted octanol–water partition coefficient (Wildman–Crippen LogP) is 0.981. The molecule has 0 aliphatic rings. The Morgan fingerprint density at radius 1 is 1.83 bits per heavy atom. The molecule has 0 aliphatic carbocycles. The third-order valence-corrected chi connectivity index (χ3v) is 1.25. The summed E-state index contributed by atoms with van der Waals surface area (Å²) < 4.78 is 4.51. The fourth-order valence-corrected chi connectivity index (χ4v) is 0.650. The van der Waals surface area contributed by atoms with Crippen molar-refractivity contribution in [1.29, 1.82) is 0 Å². The summed E-state index contributed by atoms with van der Waals surface area (Å²) in [5.74, 6) is -0.195. The van der Waals surface area contributed by atoms with Gasteiger partial charge in [-0.2, -0.15) is 0 Å². The highest BCUT2D eigenvalue weighted by molar-refractivity contribution is 5.93. The Balaban J connectivity index is 2.45. The third-order valence-electron chi connectivity index (χ3n) is 1.25. The van der Waals surface area contributed by atoms with Crippen LogP contribution < -0.4 is 5.32 Å². The number of carbonyl (C=O) groups is 1. The van der Waals surface area contributed by atoms with Crippen molar-refractivity contribution < 1.29 is 9.32 Å². The summed E-state index contributed by atoms with van der Waals surface area (Å²) in [7, 11) is 0. The van der Waals surface area contributed by atoms with Gasteiger partial charge in [0.15, 0.2) is 0 Å². The molecule has 12 heavy (non-hydrogen) atoms. The van der Waals surface area contributed by atoms with Crippen molar-refractivity contribution in [3.05, 3.63) is 30.2 Å². The Morgan fingerprint density at radius 2 is 2.58 bits per heavy atom. The van der Waals surface area contributed by atoms with E-state index in [1.807, 2.05) is 6.92 Å². The second kappa shape index (κ2) is 3.71. The van der Waals surface area contributed by atoms with Crippen LogP contribution in [0, 0.1) is 0 Å². The van der Waals surface area contributed by atoms with Crippen molar-refractivity contribution in [1.82, 2.24) is 10.5 Å². The largest absolute Gasteiger partial charge is 0.364 e. The van der Waals surface area contributed by atoms with Crippen LogP contribution in [0.25, 0.3) is 0 Å². The highest BCUT2D eigenvalue weighted by Crippen LogP contribution is 1.95. The molecule has 0 aromatic carbocycles. The first-order valence-electron chi connectivity index (χ1n) is 3.52. The van der Waals surface area contributed by atoms with Gasteiger partial charge in [-0.1, -0.05) is 17.3 Å². The number of hydrogen-bond donors (Lipinski definition) is 1. The number of amides is 1. The van der Waals surface area contributed by atoms with E-state index >= 15 is 0 Å². The lowest BCUT2D eigenvalue weighted by atomic mass is 10.3. The van der Waals surface area contributed by atoms with Crippen molar-refractivity contribution in [3.63, 3.8) is 0 Å². The Morgan fingerprint density at radius 3 is 3.08 bits per heavy atom. The van der Waals surface area contributed by atoms with Crippen LogP contribution in [0.3, 0.4) is 0 Å². The van der Waals surface area contributed by atoms with E-state index in [9.17, 15) is 4.79 Å². The van der Waals surface area contributed by atoms with Crippen LogP contribution >= 0.6 is 0 Å². The van der Waals surface area contributed by atoms with Crippen LogP contribution in [0.4, 0.5) is 0 Å². The monoisotopic (exact) mass is 166 g/mol. The lowest BCUT2D eigenvalue weighted by Gasteiger charge is -2.00. The van der Waals surface area contributed by atoms with Crippen LogP contribution in [0.15, 0.2) is 29.1 Å². The highest BCUT2D eigenvalue weighted by Gasteiger charge is 2.05. The Labute approximate surface area is 70.2 Å². The summed E-state index contributed by atoms with van der Waals surface area (Å²) >= 11 is 0. The Kier molecular flexibility index (Phi) is 2.63. The number of carbonyl (C=O) groups excluding carboxylic acids is 1. The van der Waals surface area contributed by atoms with Gasteiger partial charge in [-0.3, -0.25) is 4.79 Å². The molecule has 4 nitrogen and oxygen atoms in total. The number of hydrogen-bond acceptors (Lipinski definition) is 3. The lowest BCUT2D eigenvalue weighted by Crippen LogP contribution is -2.24. The average Bonchev–Trinajstić information content (AvgIpc) is 2.51. The van der Waals surface area contributed by atoms with Crippen molar-refractivity contribution in [2.24, 2.45) is 0 Å². The molecule has 64 valence electrons. The number of nitrogens with one attached hydrogen (secondary N) is 1. The molecule has 0 bridgehead atoms. The van der Waals surface area contributed by atoms with E-state index in [2.05, 4.69) is 21.6 Å². The van der Waals surface area contributed by atoms with Crippen molar-refractivity contribution >= 4 is 5.91 Å². The molecular weight excluding hydrogens is 156 g/mol. The minimum atomic E-state index is -0.195. The van der Waals surface area contributed by atoms with E-state index < -0.39 is 0 Å². The second-order valence-corrected chi connectivity index (χ2v) is 2.55. The van der Waals surface area contributed by atoms with E-state index in [-0.39, 0.29) is 5.91 Å². The SMILES string of the molecule is C=C(C)CNC(=O)c1cnoc1. The molecule has 1 heterocycles. The molecule has 1 amide bonds. The van der Waals surface area contributed by atoms with Gasteiger partial charge in [0.2, 0.25) is 0 Å². The van der Waals surface area contributed by atoms with E-state index in [0.717, 1.165) is 5.57 Å². The normalized spacial score (nSPS) is 9.42. The maximum absolute atomic E-state index is 11.2. The molecule has 0 aliphatic heterocycles. The van der Waals surface area contributed by atoms with Gasteiger partial charge < -0.3 is 9.84 Å². The summed E-state index contributed by atoms with van der Waals surface area (Å²) in [6.45, 7) is 5.97. The van der Waals surface area contributed by atoms with Crippen LogP contribution in [0.5, 0.6) is 0 Å². The fourth-order valence-electron chi connectivity index (χ4n) is 0.650. The van der Waals surface area contributed by atoms with E-state index in [1.54, 1.807) is 0 Å². The molecule has 1 N–H and O–H groups in total.